The van der Waals surface area contributed by atoms with E-state index in [1.165, 1.54) is 5.56 Å². The fraction of sp³-hybridized carbons (Fsp3) is 0.306. The van der Waals surface area contributed by atoms with Crippen molar-refractivity contribution in [2.75, 3.05) is 42.1 Å². The summed E-state index contributed by atoms with van der Waals surface area (Å²) in [6.45, 7) is 1.08. The molecular formula is C36H40N2O6. The first kappa shape index (κ1) is 30.8. The lowest BCUT2D eigenvalue weighted by Gasteiger charge is -2.42. The molecule has 0 fully saturated rings. The maximum absolute atomic E-state index is 14.2. The number of carbonyl (C=O) groups excluding carboxylic acids is 1. The number of hydrogen-bond acceptors (Lipinski definition) is 7. The van der Waals surface area contributed by atoms with Crippen LogP contribution in [0.1, 0.15) is 39.9 Å². The lowest BCUT2D eigenvalue weighted by atomic mass is 9.86. The number of fused-ring (bicyclic) bond motifs is 1. The van der Waals surface area contributed by atoms with E-state index in [9.17, 15) is 4.79 Å². The number of methoxy groups -OCH3 is 5. The largest absolute Gasteiger partial charge is 0.497 e. The molecule has 1 heterocycles. The molecule has 1 aliphatic heterocycles. The van der Waals surface area contributed by atoms with Gasteiger partial charge in [0.25, 0.3) is 0 Å². The minimum Gasteiger partial charge on any atom is -0.497 e. The van der Waals surface area contributed by atoms with Gasteiger partial charge in [0.2, 0.25) is 5.91 Å². The standard InChI is InChI=1S/C36H40N2O6/c1-40-28-14-11-24(12-15-28)23-37-36(39)35(26-9-7-6-8-10-26)38-18-17-27-21-33(43-4)34(44-5)22-29(27)30(38)19-25-13-16-31(41-2)32(20-25)42-3/h6-16,20-22,30,35H,17-19,23H2,1-5H3,(H,37,39)/t30-,35+/m0/s1. The topological polar surface area (TPSA) is 78.5 Å². The van der Waals surface area contributed by atoms with Gasteiger partial charge in [-0.15, -0.1) is 0 Å². The van der Waals surface area contributed by atoms with Gasteiger partial charge in [-0.3, -0.25) is 9.69 Å². The van der Waals surface area contributed by atoms with Crippen LogP contribution in [0.15, 0.2) is 84.9 Å². The van der Waals surface area contributed by atoms with Gasteiger partial charge in [0, 0.05) is 19.1 Å². The molecule has 230 valence electrons. The van der Waals surface area contributed by atoms with Gasteiger partial charge < -0.3 is 29.0 Å². The normalized spacial score (nSPS) is 15.1. The molecule has 0 aliphatic carbocycles. The quantitative estimate of drug-likeness (QED) is 0.217. The number of carbonyl (C=O) groups is 1. The molecule has 4 aromatic carbocycles. The van der Waals surface area contributed by atoms with Crippen LogP contribution in [0, 0.1) is 0 Å². The first-order chi connectivity index (χ1) is 21.5. The maximum Gasteiger partial charge on any atom is 0.242 e. The molecule has 1 N–H and O–H groups in total. The Bertz CT molecular complexity index is 1560. The molecule has 0 spiro atoms. The van der Waals surface area contributed by atoms with Crippen LogP contribution >= 0.6 is 0 Å². The maximum atomic E-state index is 14.2. The molecule has 0 radical (unpaired) electrons. The van der Waals surface area contributed by atoms with Gasteiger partial charge in [0.15, 0.2) is 23.0 Å². The van der Waals surface area contributed by atoms with Gasteiger partial charge in [-0.25, -0.2) is 0 Å². The highest BCUT2D eigenvalue weighted by Gasteiger charge is 2.37. The number of ether oxygens (including phenoxy) is 5. The number of amides is 1. The molecule has 8 nitrogen and oxygen atoms in total. The Morgan fingerprint density at radius 2 is 1.39 bits per heavy atom. The zero-order valence-electron chi connectivity index (χ0n) is 26.0. The van der Waals surface area contributed by atoms with Crippen LogP contribution in [0.5, 0.6) is 28.7 Å². The van der Waals surface area contributed by atoms with Crippen LogP contribution in [0.2, 0.25) is 0 Å². The number of benzene rings is 4. The fourth-order valence-corrected chi connectivity index (χ4v) is 5.97. The van der Waals surface area contributed by atoms with E-state index in [1.54, 1.807) is 35.5 Å². The van der Waals surface area contributed by atoms with E-state index in [0.29, 0.717) is 42.5 Å². The Kier molecular flexibility index (Phi) is 9.92. The van der Waals surface area contributed by atoms with E-state index in [4.69, 9.17) is 23.7 Å². The van der Waals surface area contributed by atoms with E-state index < -0.39 is 6.04 Å². The van der Waals surface area contributed by atoms with Crippen LogP contribution in [0.4, 0.5) is 0 Å². The van der Waals surface area contributed by atoms with Crippen molar-refractivity contribution in [2.45, 2.75) is 31.5 Å². The lowest BCUT2D eigenvalue weighted by molar-refractivity contribution is -0.128. The van der Waals surface area contributed by atoms with Gasteiger partial charge >= 0.3 is 0 Å². The molecule has 1 amide bonds. The van der Waals surface area contributed by atoms with Crippen molar-refractivity contribution in [3.05, 3.63) is 113 Å². The summed E-state index contributed by atoms with van der Waals surface area (Å²) < 4.78 is 27.8. The highest BCUT2D eigenvalue weighted by molar-refractivity contribution is 5.83. The first-order valence-electron chi connectivity index (χ1n) is 14.7. The molecule has 5 rings (SSSR count). The predicted molar refractivity (Wildman–Crippen MR) is 170 cm³/mol. The second-order valence-corrected chi connectivity index (χ2v) is 10.7. The summed E-state index contributed by atoms with van der Waals surface area (Å²) in [4.78, 5) is 16.5. The van der Waals surface area contributed by atoms with Gasteiger partial charge in [-0.05, 0) is 77.1 Å². The fourth-order valence-electron chi connectivity index (χ4n) is 5.97. The predicted octanol–water partition coefficient (Wildman–Crippen LogP) is 5.93. The van der Waals surface area contributed by atoms with Gasteiger partial charge in [0.1, 0.15) is 11.8 Å². The van der Waals surface area contributed by atoms with Crippen LogP contribution in [0.3, 0.4) is 0 Å². The average Bonchev–Trinajstić information content (AvgIpc) is 3.08. The second kappa shape index (κ2) is 14.2. The molecule has 4 aromatic rings. The molecular weight excluding hydrogens is 556 g/mol. The van der Waals surface area contributed by atoms with Crippen molar-refractivity contribution in [3.8, 4) is 28.7 Å². The Hall–Kier alpha value is -4.69. The summed E-state index contributed by atoms with van der Waals surface area (Å²) in [5.41, 5.74) is 5.27. The molecule has 2 atom stereocenters. The summed E-state index contributed by atoms with van der Waals surface area (Å²) in [6.07, 6.45) is 1.39. The third-order valence-electron chi connectivity index (χ3n) is 8.24. The smallest absolute Gasteiger partial charge is 0.242 e. The van der Waals surface area contributed by atoms with E-state index in [2.05, 4.69) is 28.4 Å². The van der Waals surface area contributed by atoms with E-state index in [-0.39, 0.29) is 11.9 Å². The van der Waals surface area contributed by atoms with Crippen molar-refractivity contribution in [3.63, 3.8) is 0 Å². The second-order valence-electron chi connectivity index (χ2n) is 10.7. The van der Waals surface area contributed by atoms with E-state index in [0.717, 1.165) is 34.4 Å². The van der Waals surface area contributed by atoms with Crippen molar-refractivity contribution in [1.82, 2.24) is 10.2 Å². The molecule has 0 aromatic heterocycles. The van der Waals surface area contributed by atoms with E-state index in [1.807, 2.05) is 66.7 Å². The number of hydrogen-bond donors (Lipinski definition) is 1. The summed E-state index contributed by atoms with van der Waals surface area (Å²) in [5.74, 6) is 3.40. The lowest BCUT2D eigenvalue weighted by Crippen LogP contribution is -2.45. The zero-order chi connectivity index (χ0) is 31.1. The third-order valence-corrected chi connectivity index (χ3v) is 8.24. The van der Waals surface area contributed by atoms with Crippen molar-refractivity contribution < 1.29 is 28.5 Å². The molecule has 8 heteroatoms. The van der Waals surface area contributed by atoms with Crippen LogP contribution < -0.4 is 29.0 Å². The summed E-state index contributed by atoms with van der Waals surface area (Å²) in [7, 11) is 8.21. The zero-order valence-corrected chi connectivity index (χ0v) is 26.0. The van der Waals surface area contributed by atoms with Gasteiger partial charge in [-0.2, -0.15) is 0 Å². The van der Waals surface area contributed by atoms with Crippen molar-refractivity contribution in [1.29, 1.82) is 0 Å². The minimum absolute atomic E-state index is 0.0618. The Morgan fingerprint density at radius 1 is 0.750 bits per heavy atom. The molecule has 1 aliphatic rings. The summed E-state index contributed by atoms with van der Waals surface area (Å²) in [5, 5.41) is 3.21. The molecule has 0 bridgehead atoms. The third kappa shape index (κ3) is 6.60. The van der Waals surface area contributed by atoms with Gasteiger partial charge in [-0.1, -0.05) is 48.5 Å². The highest BCUT2D eigenvalue weighted by atomic mass is 16.5. The van der Waals surface area contributed by atoms with Gasteiger partial charge in [0.05, 0.1) is 35.5 Å². The summed E-state index contributed by atoms with van der Waals surface area (Å²) in [6, 6.07) is 27.1. The number of nitrogens with zero attached hydrogens (tertiary/aromatic N) is 1. The van der Waals surface area contributed by atoms with Crippen molar-refractivity contribution >= 4 is 5.91 Å². The van der Waals surface area contributed by atoms with Crippen molar-refractivity contribution in [2.24, 2.45) is 0 Å². The summed E-state index contributed by atoms with van der Waals surface area (Å²) >= 11 is 0. The highest BCUT2D eigenvalue weighted by Crippen LogP contribution is 2.43. The van der Waals surface area contributed by atoms with Crippen LogP contribution in [-0.4, -0.2) is 52.9 Å². The van der Waals surface area contributed by atoms with Crippen LogP contribution in [-0.2, 0) is 24.2 Å². The Morgan fingerprint density at radius 3 is 2.05 bits per heavy atom. The first-order valence-corrected chi connectivity index (χ1v) is 14.7. The number of rotatable bonds is 12. The average molecular weight is 597 g/mol. The molecule has 44 heavy (non-hydrogen) atoms. The Labute approximate surface area is 259 Å². The van der Waals surface area contributed by atoms with Crippen LogP contribution in [0.25, 0.3) is 0 Å². The molecule has 0 saturated heterocycles. The minimum atomic E-state index is -0.527. The Balaban J connectivity index is 1.55. The molecule has 0 saturated carbocycles. The number of nitrogens with one attached hydrogen (secondary N) is 1. The van der Waals surface area contributed by atoms with E-state index >= 15 is 0 Å². The SMILES string of the molecule is COc1ccc(CNC(=O)[C@@H](c2ccccc2)N2CCc3cc(OC)c(OC)cc3[C@@H]2Cc2ccc(OC)c(OC)c2)cc1. The molecule has 0 unspecified atom stereocenters. The monoisotopic (exact) mass is 596 g/mol.